The van der Waals surface area contributed by atoms with Gasteiger partial charge in [-0.25, -0.2) is 4.79 Å². The molecular formula is C22H16N4O2S. The Morgan fingerprint density at radius 1 is 1.03 bits per heavy atom. The van der Waals surface area contributed by atoms with Gasteiger partial charge >= 0.3 is 5.63 Å². The highest BCUT2D eigenvalue weighted by molar-refractivity contribution is 7.98. The third-order valence-electron chi connectivity index (χ3n) is 4.84. The number of hydrogen-bond donors (Lipinski definition) is 0. The smallest absolute Gasteiger partial charge is 0.336 e. The number of aromatic nitrogens is 4. The molecule has 0 amide bonds. The molecule has 29 heavy (non-hydrogen) atoms. The highest BCUT2D eigenvalue weighted by Gasteiger charge is 2.14. The number of thioether (sulfide) groups is 1. The van der Waals surface area contributed by atoms with Crippen molar-refractivity contribution in [3.63, 3.8) is 0 Å². The number of hydrogen-bond acceptors (Lipinski definition) is 6. The summed E-state index contributed by atoms with van der Waals surface area (Å²) in [7, 11) is 1.94. The van der Waals surface area contributed by atoms with Gasteiger partial charge < -0.3 is 8.98 Å². The van der Waals surface area contributed by atoms with Crippen LogP contribution in [-0.4, -0.2) is 19.7 Å². The Labute approximate surface area is 170 Å². The minimum absolute atomic E-state index is 0.348. The van der Waals surface area contributed by atoms with Crippen LogP contribution in [0.4, 0.5) is 0 Å². The topological polar surface area (TPSA) is 73.8 Å². The van der Waals surface area contributed by atoms with Crippen molar-refractivity contribution < 1.29 is 4.42 Å². The zero-order valence-corrected chi connectivity index (χ0v) is 16.4. The average Bonchev–Trinajstić information content (AvgIpc) is 3.12. The van der Waals surface area contributed by atoms with Gasteiger partial charge in [0.05, 0.1) is 0 Å². The van der Waals surface area contributed by atoms with Crippen molar-refractivity contribution in [1.29, 1.82) is 0 Å². The zero-order chi connectivity index (χ0) is 19.8. The first kappa shape index (κ1) is 17.6. The molecule has 5 aromatic rings. The maximum absolute atomic E-state index is 12.1. The summed E-state index contributed by atoms with van der Waals surface area (Å²) in [5.74, 6) is 1.36. The van der Waals surface area contributed by atoms with Crippen molar-refractivity contribution in [2.45, 2.75) is 10.9 Å². The van der Waals surface area contributed by atoms with E-state index in [0.717, 1.165) is 38.3 Å². The molecule has 3 heterocycles. The molecule has 0 aliphatic heterocycles. The molecule has 0 spiro atoms. The molecule has 3 aromatic heterocycles. The van der Waals surface area contributed by atoms with E-state index in [1.165, 1.54) is 0 Å². The van der Waals surface area contributed by atoms with Gasteiger partial charge in [-0.3, -0.25) is 4.98 Å². The highest BCUT2D eigenvalue weighted by Crippen LogP contribution is 2.31. The lowest BCUT2D eigenvalue weighted by molar-refractivity contribution is 0.560. The third kappa shape index (κ3) is 3.19. The van der Waals surface area contributed by atoms with Crippen LogP contribution < -0.4 is 5.63 Å². The van der Waals surface area contributed by atoms with Crippen LogP contribution in [0.5, 0.6) is 0 Å². The standard InChI is InChI=1S/C22H16N4O2S/c1-26-21(15-8-10-23-11-9-15)24-25-22(26)29-13-16-12-19(27)28-18-7-6-14-4-2-3-5-17(14)20(16)18/h2-12H,13H2,1H3. The first-order chi connectivity index (χ1) is 14.2. The molecule has 2 aromatic carbocycles. The van der Waals surface area contributed by atoms with Gasteiger partial charge in [-0.05, 0) is 34.5 Å². The van der Waals surface area contributed by atoms with Crippen molar-refractivity contribution in [1.82, 2.24) is 19.7 Å². The third-order valence-corrected chi connectivity index (χ3v) is 5.91. The molecule has 0 unspecified atom stereocenters. The summed E-state index contributed by atoms with van der Waals surface area (Å²) < 4.78 is 7.39. The molecule has 7 heteroatoms. The Bertz CT molecular complexity index is 1390. The van der Waals surface area contributed by atoms with Crippen molar-refractivity contribution in [2.24, 2.45) is 7.05 Å². The van der Waals surface area contributed by atoms with Crippen LogP contribution in [-0.2, 0) is 12.8 Å². The van der Waals surface area contributed by atoms with Crippen LogP contribution in [0.1, 0.15) is 5.56 Å². The van der Waals surface area contributed by atoms with Crippen molar-refractivity contribution in [3.05, 3.63) is 83.0 Å². The molecule has 5 rings (SSSR count). The summed E-state index contributed by atoms with van der Waals surface area (Å²) in [6.07, 6.45) is 3.47. The quantitative estimate of drug-likeness (QED) is 0.252. The van der Waals surface area contributed by atoms with E-state index < -0.39 is 0 Å². The van der Waals surface area contributed by atoms with Crippen LogP contribution in [0.15, 0.2) is 81.4 Å². The maximum atomic E-state index is 12.1. The lowest BCUT2D eigenvalue weighted by atomic mass is 10.0. The lowest BCUT2D eigenvalue weighted by Crippen LogP contribution is -2.01. The largest absolute Gasteiger partial charge is 0.423 e. The van der Waals surface area contributed by atoms with E-state index in [9.17, 15) is 4.79 Å². The maximum Gasteiger partial charge on any atom is 0.336 e. The lowest BCUT2D eigenvalue weighted by Gasteiger charge is -2.09. The second-order valence-electron chi connectivity index (χ2n) is 6.64. The summed E-state index contributed by atoms with van der Waals surface area (Å²) in [4.78, 5) is 16.1. The van der Waals surface area contributed by atoms with Crippen LogP contribution in [0.2, 0.25) is 0 Å². The van der Waals surface area contributed by atoms with Gasteiger partial charge in [-0.1, -0.05) is 42.1 Å². The van der Waals surface area contributed by atoms with E-state index in [2.05, 4.69) is 27.3 Å². The van der Waals surface area contributed by atoms with Crippen molar-refractivity contribution in [3.8, 4) is 11.4 Å². The van der Waals surface area contributed by atoms with E-state index in [0.29, 0.717) is 11.3 Å². The highest BCUT2D eigenvalue weighted by atomic mass is 32.2. The molecule has 0 aliphatic carbocycles. The van der Waals surface area contributed by atoms with E-state index in [1.54, 1.807) is 30.2 Å². The molecule has 0 N–H and O–H groups in total. The number of benzene rings is 2. The van der Waals surface area contributed by atoms with Crippen LogP contribution in [0.25, 0.3) is 33.1 Å². The average molecular weight is 400 g/mol. The number of pyridine rings is 1. The molecule has 0 atom stereocenters. The Kier molecular flexibility index (Phi) is 4.37. The van der Waals surface area contributed by atoms with Gasteiger partial charge in [0.15, 0.2) is 11.0 Å². The minimum atomic E-state index is -0.348. The number of nitrogens with zero attached hydrogens (tertiary/aromatic N) is 4. The van der Waals surface area contributed by atoms with E-state index in [1.807, 2.05) is 48.0 Å². The second kappa shape index (κ2) is 7.18. The summed E-state index contributed by atoms with van der Waals surface area (Å²) in [5, 5.41) is 12.6. The molecule has 0 fully saturated rings. The molecule has 6 nitrogen and oxygen atoms in total. The molecule has 0 saturated carbocycles. The van der Waals surface area contributed by atoms with Gasteiger partial charge in [-0.15, -0.1) is 10.2 Å². The van der Waals surface area contributed by atoms with Gasteiger partial charge in [0, 0.05) is 42.2 Å². The zero-order valence-electron chi connectivity index (χ0n) is 15.6. The predicted molar refractivity (Wildman–Crippen MR) is 114 cm³/mol. The fourth-order valence-electron chi connectivity index (χ4n) is 3.47. The monoisotopic (exact) mass is 400 g/mol. The van der Waals surface area contributed by atoms with E-state index >= 15 is 0 Å². The molecule has 142 valence electrons. The summed E-state index contributed by atoms with van der Waals surface area (Å²) in [6, 6.07) is 17.3. The first-order valence-corrected chi connectivity index (χ1v) is 10.1. The van der Waals surface area contributed by atoms with Crippen LogP contribution >= 0.6 is 11.8 Å². The fourth-order valence-corrected chi connectivity index (χ4v) is 4.36. The molecule has 0 bridgehead atoms. The SMILES string of the molecule is Cn1c(SCc2cc(=O)oc3ccc4ccccc4c23)nnc1-c1ccncc1. The Hall–Kier alpha value is -3.45. The molecular weight excluding hydrogens is 384 g/mol. The van der Waals surface area contributed by atoms with Gasteiger partial charge in [0.25, 0.3) is 0 Å². The summed E-state index contributed by atoms with van der Waals surface area (Å²) >= 11 is 1.54. The van der Waals surface area contributed by atoms with E-state index in [-0.39, 0.29) is 5.63 Å². The fraction of sp³-hybridized carbons (Fsp3) is 0.0909. The van der Waals surface area contributed by atoms with Crippen molar-refractivity contribution in [2.75, 3.05) is 0 Å². The number of fused-ring (bicyclic) bond motifs is 3. The van der Waals surface area contributed by atoms with E-state index in [4.69, 9.17) is 4.42 Å². The normalized spacial score (nSPS) is 11.3. The predicted octanol–water partition coefficient (Wildman–Crippen LogP) is 4.43. The second-order valence-corrected chi connectivity index (χ2v) is 7.58. The van der Waals surface area contributed by atoms with Gasteiger partial charge in [-0.2, -0.15) is 0 Å². The van der Waals surface area contributed by atoms with Crippen LogP contribution in [0, 0.1) is 0 Å². The first-order valence-electron chi connectivity index (χ1n) is 9.08. The minimum Gasteiger partial charge on any atom is -0.423 e. The van der Waals surface area contributed by atoms with Gasteiger partial charge in [0.2, 0.25) is 0 Å². The number of rotatable bonds is 4. The molecule has 0 saturated heterocycles. The Morgan fingerprint density at radius 2 is 1.86 bits per heavy atom. The van der Waals surface area contributed by atoms with Gasteiger partial charge in [0.1, 0.15) is 5.58 Å². The molecule has 0 aliphatic rings. The Balaban J connectivity index is 1.54. The van der Waals surface area contributed by atoms with Crippen LogP contribution in [0.3, 0.4) is 0 Å². The summed E-state index contributed by atoms with van der Waals surface area (Å²) in [5.41, 5.74) is 2.13. The molecule has 0 radical (unpaired) electrons. The summed E-state index contributed by atoms with van der Waals surface area (Å²) in [6.45, 7) is 0. The van der Waals surface area contributed by atoms with Crippen molar-refractivity contribution >= 4 is 33.5 Å². The Morgan fingerprint density at radius 3 is 2.72 bits per heavy atom.